The zero-order valence-electron chi connectivity index (χ0n) is 18.3. The molecular formula is C23H29N7O2. The van der Waals surface area contributed by atoms with Crippen LogP contribution in [0.5, 0.6) is 5.75 Å². The number of hydrogen-bond donors (Lipinski definition) is 2. The van der Waals surface area contributed by atoms with Crippen LogP contribution in [0, 0.1) is 0 Å². The van der Waals surface area contributed by atoms with Crippen LogP contribution in [0.25, 0.3) is 22.2 Å². The number of piperidine rings is 1. The van der Waals surface area contributed by atoms with E-state index in [1.807, 2.05) is 19.2 Å². The fourth-order valence-corrected chi connectivity index (χ4v) is 4.02. The molecule has 9 heteroatoms. The van der Waals surface area contributed by atoms with E-state index in [9.17, 15) is 4.79 Å². The van der Waals surface area contributed by atoms with E-state index in [0.717, 1.165) is 43.4 Å². The molecule has 0 radical (unpaired) electrons. The van der Waals surface area contributed by atoms with Gasteiger partial charge in [-0.2, -0.15) is 0 Å². The number of nitrogens with zero attached hydrogens (tertiary/aromatic N) is 5. The molecule has 1 aliphatic rings. The van der Waals surface area contributed by atoms with Gasteiger partial charge >= 0.3 is 0 Å². The molecule has 1 fully saturated rings. The van der Waals surface area contributed by atoms with E-state index < -0.39 is 0 Å². The number of aromatic nitrogens is 4. The van der Waals surface area contributed by atoms with Gasteiger partial charge in [0, 0.05) is 30.1 Å². The largest absolute Gasteiger partial charge is 0.491 e. The van der Waals surface area contributed by atoms with Crippen LogP contribution in [-0.4, -0.2) is 63.5 Å². The Morgan fingerprint density at radius 3 is 2.88 bits per heavy atom. The van der Waals surface area contributed by atoms with Gasteiger partial charge in [0.05, 0.1) is 24.4 Å². The third kappa shape index (κ3) is 5.11. The minimum Gasteiger partial charge on any atom is -0.491 e. The summed E-state index contributed by atoms with van der Waals surface area (Å²) in [4.78, 5) is 31.6. The van der Waals surface area contributed by atoms with E-state index in [1.165, 1.54) is 18.9 Å². The Labute approximate surface area is 187 Å². The molecule has 1 atom stereocenters. The molecule has 168 valence electrons. The lowest BCUT2D eigenvalue weighted by Crippen LogP contribution is -2.47. The zero-order valence-corrected chi connectivity index (χ0v) is 18.3. The first kappa shape index (κ1) is 21.9. The predicted molar refractivity (Wildman–Crippen MR) is 123 cm³/mol. The SMILES string of the molecule is CN1CCCCC1C(=O)NCCCCOc1c(-c2cncnc2)ccc2ncc(N)nc12. The van der Waals surface area contributed by atoms with Gasteiger partial charge in [0.25, 0.3) is 0 Å². The van der Waals surface area contributed by atoms with Crippen molar-refractivity contribution in [1.82, 2.24) is 30.2 Å². The number of anilines is 1. The minimum atomic E-state index is -0.00429. The summed E-state index contributed by atoms with van der Waals surface area (Å²) in [5.41, 5.74) is 8.87. The number of nitrogens with two attached hydrogens (primary N) is 1. The number of benzene rings is 1. The highest BCUT2D eigenvalue weighted by Gasteiger charge is 2.25. The highest BCUT2D eigenvalue weighted by Crippen LogP contribution is 2.35. The van der Waals surface area contributed by atoms with Crippen molar-refractivity contribution in [3.05, 3.63) is 37.1 Å². The maximum Gasteiger partial charge on any atom is 0.237 e. The number of nitrogen functional groups attached to an aromatic ring is 1. The first-order valence-corrected chi connectivity index (χ1v) is 11.0. The second-order valence-electron chi connectivity index (χ2n) is 8.07. The van der Waals surface area contributed by atoms with Crippen LogP contribution < -0.4 is 15.8 Å². The second-order valence-corrected chi connectivity index (χ2v) is 8.07. The van der Waals surface area contributed by atoms with Crippen molar-refractivity contribution in [3.8, 4) is 16.9 Å². The molecule has 0 aliphatic carbocycles. The van der Waals surface area contributed by atoms with Gasteiger partial charge in [-0.3, -0.25) is 14.7 Å². The summed E-state index contributed by atoms with van der Waals surface area (Å²) >= 11 is 0. The summed E-state index contributed by atoms with van der Waals surface area (Å²) in [6.07, 6.45) is 11.3. The number of hydrogen-bond acceptors (Lipinski definition) is 8. The first-order chi connectivity index (χ1) is 15.6. The molecule has 32 heavy (non-hydrogen) atoms. The Bertz CT molecular complexity index is 1060. The Morgan fingerprint density at radius 2 is 2.06 bits per heavy atom. The molecule has 4 rings (SSSR count). The van der Waals surface area contributed by atoms with Crippen molar-refractivity contribution in [1.29, 1.82) is 0 Å². The van der Waals surface area contributed by atoms with E-state index in [2.05, 4.69) is 30.2 Å². The number of ether oxygens (including phenoxy) is 1. The normalized spacial score (nSPS) is 16.7. The Kier molecular flexibility index (Phi) is 7.06. The first-order valence-electron chi connectivity index (χ1n) is 11.0. The van der Waals surface area contributed by atoms with Crippen LogP contribution in [0.1, 0.15) is 32.1 Å². The molecule has 1 amide bonds. The van der Waals surface area contributed by atoms with E-state index >= 15 is 0 Å². The second kappa shape index (κ2) is 10.3. The summed E-state index contributed by atoms with van der Waals surface area (Å²) in [6.45, 7) is 2.10. The highest BCUT2D eigenvalue weighted by molar-refractivity contribution is 5.90. The standard InChI is InChI=1S/C23H29N7O2/c1-30-10-4-2-6-19(30)23(31)27-9-3-5-11-32-22-17(16-12-25-15-26-13-16)7-8-18-21(22)29-20(24)14-28-18/h7-8,12-15,19H,2-6,9-11H2,1H3,(H2,24,29)(H,27,31). The molecule has 0 saturated carbocycles. The summed E-state index contributed by atoms with van der Waals surface area (Å²) in [6, 6.07) is 3.81. The molecule has 1 aliphatic heterocycles. The van der Waals surface area contributed by atoms with Crippen molar-refractivity contribution in [3.63, 3.8) is 0 Å². The molecule has 1 aromatic carbocycles. The number of nitrogens with one attached hydrogen (secondary N) is 1. The number of carbonyl (C=O) groups is 1. The predicted octanol–water partition coefficient (Wildman–Crippen LogP) is 2.43. The van der Waals surface area contributed by atoms with Crippen LogP contribution in [-0.2, 0) is 4.79 Å². The van der Waals surface area contributed by atoms with Crippen LogP contribution in [0.15, 0.2) is 37.1 Å². The van der Waals surface area contributed by atoms with Crippen molar-refractivity contribution in [2.24, 2.45) is 0 Å². The van der Waals surface area contributed by atoms with Crippen LogP contribution in [0.3, 0.4) is 0 Å². The third-order valence-electron chi connectivity index (χ3n) is 5.75. The minimum absolute atomic E-state index is 0.00429. The number of carbonyl (C=O) groups excluding carboxylic acids is 1. The molecule has 1 saturated heterocycles. The molecule has 0 spiro atoms. The van der Waals surface area contributed by atoms with Gasteiger partial charge in [0.1, 0.15) is 17.7 Å². The molecule has 9 nitrogen and oxygen atoms in total. The van der Waals surface area contributed by atoms with Crippen LogP contribution >= 0.6 is 0 Å². The quantitative estimate of drug-likeness (QED) is 0.518. The highest BCUT2D eigenvalue weighted by atomic mass is 16.5. The van der Waals surface area contributed by atoms with Gasteiger partial charge in [-0.25, -0.2) is 15.0 Å². The lowest BCUT2D eigenvalue weighted by Gasteiger charge is -2.31. The number of rotatable bonds is 8. The number of fused-ring (bicyclic) bond motifs is 1. The lowest BCUT2D eigenvalue weighted by atomic mass is 10.0. The Balaban J connectivity index is 1.37. The van der Waals surface area contributed by atoms with Crippen LogP contribution in [0.2, 0.25) is 0 Å². The summed E-state index contributed by atoms with van der Waals surface area (Å²) < 4.78 is 6.17. The van der Waals surface area contributed by atoms with Crippen molar-refractivity contribution < 1.29 is 9.53 Å². The van der Waals surface area contributed by atoms with Crippen molar-refractivity contribution >= 4 is 22.8 Å². The molecule has 3 aromatic rings. The Hall–Kier alpha value is -3.33. The molecule has 1 unspecified atom stereocenters. The zero-order chi connectivity index (χ0) is 22.3. The van der Waals surface area contributed by atoms with Crippen molar-refractivity contribution in [2.45, 2.75) is 38.1 Å². The fraction of sp³-hybridized carbons (Fsp3) is 0.435. The van der Waals surface area contributed by atoms with Crippen molar-refractivity contribution in [2.75, 3.05) is 32.5 Å². The monoisotopic (exact) mass is 435 g/mol. The van der Waals surface area contributed by atoms with E-state index in [0.29, 0.717) is 35.8 Å². The molecular weight excluding hydrogens is 406 g/mol. The topological polar surface area (TPSA) is 119 Å². The fourth-order valence-electron chi connectivity index (χ4n) is 4.02. The summed E-state index contributed by atoms with van der Waals surface area (Å²) in [7, 11) is 2.02. The number of likely N-dealkylation sites (tertiary alicyclic amines) is 1. The number of unbranched alkanes of at least 4 members (excludes halogenated alkanes) is 1. The summed E-state index contributed by atoms with van der Waals surface area (Å²) in [5.74, 6) is 1.07. The van der Waals surface area contributed by atoms with Gasteiger partial charge in [-0.15, -0.1) is 0 Å². The van der Waals surface area contributed by atoms with Gasteiger partial charge in [-0.1, -0.05) is 6.42 Å². The van der Waals surface area contributed by atoms with Gasteiger partial charge in [-0.05, 0) is 51.4 Å². The molecule has 2 aromatic heterocycles. The maximum atomic E-state index is 12.4. The average Bonchev–Trinajstić information content (AvgIpc) is 2.82. The van der Waals surface area contributed by atoms with Gasteiger partial charge in [0.15, 0.2) is 5.75 Å². The Morgan fingerprint density at radius 1 is 1.22 bits per heavy atom. The smallest absolute Gasteiger partial charge is 0.237 e. The molecule has 0 bridgehead atoms. The van der Waals surface area contributed by atoms with Gasteiger partial charge in [0.2, 0.25) is 5.91 Å². The summed E-state index contributed by atoms with van der Waals surface area (Å²) in [5, 5.41) is 3.06. The van der Waals surface area contributed by atoms with E-state index in [1.54, 1.807) is 12.4 Å². The molecule has 3 N–H and O–H groups in total. The average molecular weight is 436 g/mol. The maximum absolute atomic E-state index is 12.4. The van der Waals surface area contributed by atoms with E-state index in [-0.39, 0.29) is 11.9 Å². The number of amides is 1. The van der Waals surface area contributed by atoms with Gasteiger partial charge < -0.3 is 15.8 Å². The third-order valence-corrected chi connectivity index (χ3v) is 5.75. The molecule has 3 heterocycles. The number of likely N-dealkylation sites (N-methyl/N-ethyl adjacent to an activating group) is 1. The van der Waals surface area contributed by atoms with E-state index in [4.69, 9.17) is 10.5 Å². The lowest BCUT2D eigenvalue weighted by molar-refractivity contribution is -0.127. The van der Waals surface area contributed by atoms with Crippen LogP contribution in [0.4, 0.5) is 5.82 Å².